The Morgan fingerprint density at radius 3 is 2.45 bits per heavy atom. The van der Waals surface area contributed by atoms with E-state index in [1.165, 1.54) is 17.8 Å². The van der Waals surface area contributed by atoms with Crippen LogP contribution in [0.5, 0.6) is 0 Å². The van der Waals surface area contributed by atoms with Gasteiger partial charge in [-0.25, -0.2) is 0 Å². The van der Waals surface area contributed by atoms with Gasteiger partial charge in [-0.15, -0.1) is 11.8 Å². The van der Waals surface area contributed by atoms with Crippen molar-refractivity contribution >= 4 is 58.2 Å². The van der Waals surface area contributed by atoms with Crippen molar-refractivity contribution in [2.24, 2.45) is 0 Å². The zero-order valence-corrected chi connectivity index (χ0v) is 19.7. The van der Waals surface area contributed by atoms with Crippen molar-refractivity contribution in [1.29, 1.82) is 0 Å². The summed E-state index contributed by atoms with van der Waals surface area (Å²) in [4.78, 5) is 26.1. The number of anilines is 2. The molecule has 3 rings (SSSR count). The van der Waals surface area contributed by atoms with Gasteiger partial charge in [-0.05, 0) is 74.4 Å². The van der Waals surface area contributed by atoms with Gasteiger partial charge in [0, 0.05) is 21.3 Å². The van der Waals surface area contributed by atoms with Crippen LogP contribution in [0, 0.1) is 13.8 Å². The third-order valence-electron chi connectivity index (χ3n) is 4.60. The van der Waals surface area contributed by atoms with E-state index in [9.17, 15) is 9.59 Å². The third-order valence-corrected chi connectivity index (χ3v) is 6.24. The number of thioether (sulfide) groups is 1. The van der Waals surface area contributed by atoms with Gasteiger partial charge in [0.25, 0.3) is 5.91 Å². The molecule has 1 atom stereocenters. The lowest BCUT2D eigenvalue weighted by Gasteiger charge is -2.15. The molecule has 0 radical (unpaired) electrons. The minimum Gasteiger partial charge on any atom is -0.325 e. The standard InChI is InChI=1S/C24H22Cl2N2O2S/c1-14-7-8-15(2)22(11-14)28-23(29)16(3)31-19-6-4-5-18(13-19)27-24(30)20-10-9-17(25)12-21(20)26/h4-13,16H,1-3H3,(H,27,30)(H,28,29). The fraction of sp³-hybridized carbons (Fsp3) is 0.167. The Morgan fingerprint density at radius 1 is 0.935 bits per heavy atom. The number of rotatable bonds is 6. The van der Waals surface area contributed by atoms with Gasteiger partial charge in [0.05, 0.1) is 15.8 Å². The van der Waals surface area contributed by atoms with E-state index >= 15 is 0 Å². The maximum Gasteiger partial charge on any atom is 0.257 e. The molecule has 3 aromatic rings. The van der Waals surface area contributed by atoms with E-state index < -0.39 is 0 Å². The molecular weight excluding hydrogens is 451 g/mol. The maximum absolute atomic E-state index is 12.7. The number of hydrogen-bond acceptors (Lipinski definition) is 3. The second-order valence-electron chi connectivity index (χ2n) is 7.17. The summed E-state index contributed by atoms with van der Waals surface area (Å²) in [6, 6.07) is 18.0. The van der Waals surface area contributed by atoms with Crippen LogP contribution in [0.25, 0.3) is 0 Å². The zero-order chi connectivity index (χ0) is 22.5. The molecule has 0 saturated carbocycles. The van der Waals surface area contributed by atoms with Gasteiger partial charge < -0.3 is 10.6 Å². The van der Waals surface area contributed by atoms with Crippen molar-refractivity contribution in [2.75, 3.05) is 10.6 Å². The van der Waals surface area contributed by atoms with E-state index in [0.29, 0.717) is 16.3 Å². The summed E-state index contributed by atoms with van der Waals surface area (Å²) in [6.07, 6.45) is 0. The molecule has 0 aliphatic heterocycles. The van der Waals surface area contributed by atoms with Crippen LogP contribution < -0.4 is 10.6 Å². The van der Waals surface area contributed by atoms with Gasteiger partial charge >= 0.3 is 0 Å². The molecule has 0 aliphatic carbocycles. The summed E-state index contributed by atoms with van der Waals surface area (Å²) in [5.41, 5.74) is 3.87. The van der Waals surface area contributed by atoms with Crippen LogP contribution in [-0.4, -0.2) is 17.1 Å². The molecule has 3 aromatic carbocycles. The number of benzene rings is 3. The number of amides is 2. The number of aryl methyl sites for hydroxylation is 2. The summed E-state index contributed by atoms with van der Waals surface area (Å²) in [6.45, 7) is 5.81. The van der Waals surface area contributed by atoms with Crippen LogP contribution in [0.15, 0.2) is 65.6 Å². The van der Waals surface area contributed by atoms with E-state index in [2.05, 4.69) is 10.6 Å². The Kier molecular flexibility index (Phi) is 7.65. The third kappa shape index (κ3) is 6.26. The summed E-state index contributed by atoms with van der Waals surface area (Å²) < 4.78 is 0. The van der Waals surface area contributed by atoms with Crippen molar-refractivity contribution < 1.29 is 9.59 Å². The van der Waals surface area contributed by atoms with E-state index in [0.717, 1.165) is 21.7 Å². The number of halogens is 2. The van der Waals surface area contributed by atoms with Gasteiger partial charge in [-0.2, -0.15) is 0 Å². The Balaban J connectivity index is 1.66. The molecule has 0 heterocycles. The van der Waals surface area contributed by atoms with Crippen LogP contribution in [0.1, 0.15) is 28.4 Å². The Labute approximate surface area is 196 Å². The average Bonchev–Trinajstić information content (AvgIpc) is 2.70. The molecule has 0 spiro atoms. The van der Waals surface area contributed by atoms with E-state index in [-0.39, 0.29) is 22.1 Å². The number of hydrogen-bond donors (Lipinski definition) is 2. The summed E-state index contributed by atoms with van der Waals surface area (Å²) in [5, 5.41) is 6.26. The molecule has 2 N–H and O–H groups in total. The van der Waals surface area contributed by atoms with Crippen molar-refractivity contribution in [3.63, 3.8) is 0 Å². The molecule has 2 amide bonds. The highest BCUT2D eigenvalue weighted by Crippen LogP contribution is 2.28. The molecule has 0 aliphatic rings. The lowest BCUT2D eigenvalue weighted by atomic mass is 10.1. The predicted octanol–water partition coefficient (Wildman–Crippen LogP) is 6.98. The number of carbonyl (C=O) groups is 2. The van der Waals surface area contributed by atoms with Crippen molar-refractivity contribution in [2.45, 2.75) is 30.9 Å². The molecule has 0 aromatic heterocycles. The summed E-state index contributed by atoms with van der Waals surface area (Å²) >= 11 is 13.4. The monoisotopic (exact) mass is 472 g/mol. The summed E-state index contributed by atoms with van der Waals surface area (Å²) in [7, 11) is 0. The first kappa shape index (κ1) is 23.2. The first-order chi connectivity index (χ1) is 14.7. The maximum atomic E-state index is 12.7. The largest absolute Gasteiger partial charge is 0.325 e. The minimum absolute atomic E-state index is 0.0823. The molecule has 0 bridgehead atoms. The highest BCUT2D eigenvalue weighted by molar-refractivity contribution is 8.00. The molecule has 4 nitrogen and oxygen atoms in total. The van der Waals surface area contributed by atoms with E-state index in [1.54, 1.807) is 18.2 Å². The van der Waals surface area contributed by atoms with Gasteiger partial charge in [-0.3, -0.25) is 9.59 Å². The Bertz CT molecular complexity index is 1130. The normalized spacial score (nSPS) is 11.6. The Hall–Kier alpha value is -2.47. The van der Waals surface area contributed by atoms with Crippen molar-refractivity contribution in [3.8, 4) is 0 Å². The summed E-state index contributed by atoms with van der Waals surface area (Å²) in [5.74, 6) is -0.411. The number of carbonyl (C=O) groups excluding carboxylic acids is 2. The second kappa shape index (κ2) is 10.2. The molecule has 0 fully saturated rings. The van der Waals surface area contributed by atoms with Gasteiger partial charge in [0.2, 0.25) is 5.91 Å². The highest BCUT2D eigenvalue weighted by Gasteiger charge is 2.16. The van der Waals surface area contributed by atoms with Crippen LogP contribution in [0.4, 0.5) is 11.4 Å². The predicted molar refractivity (Wildman–Crippen MR) is 131 cm³/mol. The lowest BCUT2D eigenvalue weighted by Crippen LogP contribution is -2.22. The van der Waals surface area contributed by atoms with Gasteiger partial charge in [0.1, 0.15) is 0 Å². The van der Waals surface area contributed by atoms with Crippen LogP contribution in [-0.2, 0) is 4.79 Å². The quantitative estimate of drug-likeness (QED) is 0.380. The van der Waals surface area contributed by atoms with E-state index in [4.69, 9.17) is 23.2 Å². The number of nitrogens with one attached hydrogen (secondary N) is 2. The van der Waals surface area contributed by atoms with Gasteiger partial charge in [-0.1, -0.05) is 41.4 Å². The minimum atomic E-state index is -0.329. The van der Waals surface area contributed by atoms with Crippen molar-refractivity contribution in [3.05, 3.63) is 87.4 Å². The fourth-order valence-corrected chi connectivity index (χ4v) is 4.30. The zero-order valence-electron chi connectivity index (χ0n) is 17.3. The SMILES string of the molecule is Cc1ccc(C)c(NC(=O)C(C)Sc2cccc(NC(=O)c3ccc(Cl)cc3Cl)c2)c1. The van der Waals surface area contributed by atoms with Crippen LogP contribution >= 0.6 is 35.0 Å². The molecule has 31 heavy (non-hydrogen) atoms. The average molecular weight is 473 g/mol. The van der Waals surface area contributed by atoms with Crippen molar-refractivity contribution in [1.82, 2.24) is 0 Å². The topological polar surface area (TPSA) is 58.2 Å². The molecular formula is C24H22Cl2N2O2S. The molecule has 0 saturated heterocycles. The lowest BCUT2D eigenvalue weighted by molar-refractivity contribution is -0.115. The van der Waals surface area contributed by atoms with E-state index in [1.807, 2.05) is 57.2 Å². The molecule has 7 heteroatoms. The first-order valence-corrected chi connectivity index (χ1v) is 11.3. The molecule has 1 unspecified atom stereocenters. The smallest absolute Gasteiger partial charge is 0.257 e. The highest BCUT2D eigenvalue weighted by atomic mass is 35.5. The van der Waals surface area contributed by atoms with Crippen LogP contribution in [0.2, 0.25) is 10.0 Å². The second-order valence-corrected chi connectivity index (χ2v) is 9.43. The van der Waals surface area contributed by atoms with Gasteiger partial charge in [0.15, 0.2) is 0 Å². The first-order valence-electron chi connectivity index (χ1n) is 9.64. The Morgan fingerprint density at radius 2 is 1.71 bits per heavy atom. The molecule has 160 valence electrons. The van der Waals surface area contributed by atoms with Crippen LogP contribution in [0.3, 0.4) is 0 Å². The fourth-order valence-electron chi connectivity index (χ4n) is 2.88.